The molecule has 7 nitrogen and oxygen atoms in total. The van der Waals surface area contributed by atoms with E-state index in [1.807, 2.05) is 0 Å². The van der Waals surface area contributed by atoms with Crippen molar-refractivity contribution < 1.29 is 24.6 Å². The highest BCUT2D eigenvalue weighted by atomic mass is 35.5. The number of carbonyl (C=O) groups excluding carboxylic acids is 1. The van der Waals surface area contributed by atoms with Crippen molar-refractivity contribution in [2.45, 2.75) is 18.9 Å². The number of hydrogen-bond donors (Lipinski definition) is 4. The first kappa shape index (κ1) is 17.1. The zero-order valence-corrected chi connectivity index (χ0v) is 12.1. The summed E-state index contributed by atoms with van der Waals surface area (Å²) in [6.07, 6.45) is -0.649. The number of nitrogens with one attached hydrogen (secondary N) is 1. The molecule has 0 heterocycles. The van der Waals surface area contributed by atoms with Crippen molar-refractivity contribution in [1.82, 2.24) is 5.32 Å². The van der Waals surface area contributed by atoms with Crippen molar-refractivity contribution >= 4 is 46.7 Å². The third-order valence-corrected chi connectivity index (χ3v) is 3.22. The van der Waals surface area contributed by atoms with Gasteiger partial charge in [-0.3, -0.25) is 9.59 Å². The number of amides is 1. The number of aliphatic carboxylic acids is 2. The summed E-state index contributed by atoms with van der Waals surface area (Å²) in [6.45, 7) is 0. The zero-order chi connectivity index (χ0) is 16.2. The predicted octanol–water partition coefficient (Wildman–Crippen LogP) is 1.62. The van der Waals surface area contributed by atoms with E-state index < -0.39 is 30.3 Å². The molecule has 0 spiro atoms. The van der Waals surface area contributed by atoms with E-state index in [1.54, 1.807) is 0 Å². The number of carboxylic acid groups (broad SMARTS) is 2. The highest BCUT2D eigenvalue weighted by Gasteiger charge is 2.23. The van der Waals surface area contributed by atoms with Gasteiger partial charge >= 0.3 is 11.9 Å². The third kappa shape index (κ3) is 4.80. The Balaban J connectivity index is 2.89. The van der Waals surface area contributed by atoms with E-state index in [0.29, 0.717) is 0 Å². The third-order valence-electron chi connectivity index (χ3n) is 2.58. The molecule has 0 aliphatic carbocycles. The first-order valence-electron chi connectivity index (χ1n) is 5.72. The number of nitrogens with two attached hydrogens (primary N) is 1. The van der Waals surface area contributed by atoms with Crippen LogP contribution in [-0.4, -0.2) is 34.1 Å². The monoisotopic (exact) mass is 334 g/mol. The lowest BCUT2D eigenvalue weighted by Crippen LogP contribution is -2.41. The smallest absolute Gasteiger partial charge is 0.326 e. The van der Waals surface area contributed by atoms with Gasteiger partial charge in [-0.1, -0.05) is 23.2 Å². The van der Waals surface area contributed by atoms with E-state index in [4.69, 9.17) is 39.1 Å². The summed E-state index contributed by atoms with van der Waals surface area (Å²) >= 11 is 11.6. The molecule has 1 rings (SSSR count). The number of halogens is 2. The van der Waals surface area contributed by atoms with Crippen molar-refractivity contribution in [2.24, 2.45) is 0 Å². The Morgan fingerprint density at radius 3 is 2.33 bits per heavy atom. The van der Waals surface area contributed by atoms with E-state index in [1.165, 1.54) is 12.1 Å². The molecule has 1 atom stereocenters. The Kier molecular flexibility index (Phi) is 5.80. The molecular weight excluding hydrogens is 323 g/mol. The van der Waals surface area contributed by atoms with Crippen LogP contribution in [0.4, 0.5) is 5.69 Å². The van der Waals surface area contributed by atoms with Crippen molar-refractivity contribution in [1.29, 1.82) is 0 Å². The fraction of sp³-hybridized carbons (Fsp3) is 0.250. The van der Waals surface area contributed by atoms with E-state index in [0.717, 1.165) is 0 Å². The second-order valence-corrected chi connectivity index (χ2v) is 4.96. The van der Waals surface area contributed by atoms with E-state index in [-0.39, 0.29) is 27.7 Å². The normalized spacial score (nSPS) is 11.7. The first-order chi connectivity index (χ1) is 9.72. The lowest BCUT2D eigenvalue weighted by molar-refractivity contribution is -0.140. The van der Waals surface area contributed by atoms with Gasteiger partial charge in [-0.2, -0.15) is 0 Å². The summed E-state index contributed by atoms with van der Waals surface area (Å²) in [5.74, 6) is -3.29. The Labute approximate surface area is 129 Å². The number of carboxylic acids is 2. The number of anilines is 1. The molecular formula is C12H12Cl2N2O5. The summed E-state index contributed by atoms with van der Waals surface area (Å²) in [5.41, 5.74) is 5.65. The van der Waals surface area contributed by atoms with Gasteiger partial charge in [-0.15, -0.1) is 0 Å². The van der Waals surface area contributed by atoms with Crippen LogP contribution in [-0.2, 0) is 9.59 Å². The molecule has 0 fully saturated rings. The minimum absolute atomic E-state index is 0.0109. The summed E-state index contributed by atoms with van der Waals surface area (Å²) < 4.78 is 0. The quantitative estimate of drug-likeness (QED) is 0.585. The van der Waals surface area contributed by atoms with Crippen LogP contribution in [0.15, 0.2) is 12.1 Å². The van der Waals surface area contributed by atoms with Gasteiger partial charge in [0.05, 0.1) is 21.3 Å². The Hall–Kier alpha value is -1.99. The summed E-state index contributed by atoms with van der Waals surface area (Å²) in [7, 11) is 0. The van der Waals surface area contributed by atoms with Crippen molar-refractivity contribution in [3.63, 3.8) is 0 Å². The maximum absolute atomic E-state index is 12.0. The maximum atomic E-state index is 12.0. The van der Waals surface area contributed by atoms with Crippen LogP contribution in [0.25, 0.3) is 0 Å². The van der Waals surface area contributed by atoms with Gasteiger partial charge < -0.3 is 21.3 Å². The van der Waals surface area contributed by atoms with Crippen LogP contribution < -0.4 is 11.1 Å². The Bertz CT molecular complexity index is 591. The average molecular weight is 335 g/mol. The molecule has 0 aromatic heterocycles. The second kappa shape index (κ2) is 7.14. The average Bonchev–Trinajstić information content (AvgIpc) is 2.37. The molecule has 0 aliphatic rings. The van der Waals surface area contributed by atoms with Crippen LogP contribution in [0, 0.1) is 0 Å². The molecule has 21 heavy (non-hydrogen) atoms. The van der Waals surface area contributed by atoms with Gasteiger partial charge in [0.15, 0.2) is 0 Å². The van der Waals surface area contributed by atoms with Gasteiger partial charge in [0, 0.05) is 6.42 Å². The summed E-state index contributed by atoms with van der Waals surface area (Å²) in [5, 5.41) is 19.8. The largest absolute Gasteiger partial charge is 0.481 e. The first-order valence-corrected chi connectivity index (χ1v) is 6.48. The Morgan fingerprint density at radius 2 is 1.81 bits per heavy atom. The molecule has 114 valence electrons. The number of nitrogen functional groups attached to an aromatic ring is 1. The fourth-order valence-electron chi connectivity index (χ4n) is 1.50. The summed E-state index contributed by atoms with van der Waals surface area (Å²) in [4.78, 5) is 33.4. The fourth-order valence-corrected chi connectivity index (χ4v) is 1.92. The lowest BCUT2D eigenvalue weighted by Gasteiger charge is -2.14. The van der Waals surface area contributed by atoms with Crippen LogP contribution in [0.3, 0.4) is 0 Å². The zero-order valence-electron chi connectivity index (χ0n) is 10.6. The number of carbonyl (C=O) groups is 3. The van der Waals surface area contributed by atoms with Gasteiger partial charge in [0.1, 0.15) is 6.04 Å². The molecule has 1 amide bonds. The molecule has 0 bridgehead atoms. The Morgan fingerprint density at radius 1 is 1.19 bits per heavy atom. The molecule has 0 radical (unpaired) electrons. The van der Waals surface area contributed by atoms with Gasteiger partial charge in [0.2, 0.25) is 0 Å². The molecule has 5 N–H and O–H groups in total. The highest BCUT2D eigenvalue weighted by molar-refractivity contribution is 6.37. The van der Waals surface area contributed by atoms with Crippen molar-refractivity contribution in [3.05, 3.63) is 27.7 Å². The summed E-state index contributed by atoms with van der Waals surface area (Å²) in [6, 6.07) is 1.14. The maximum Gasteiger partial charge on any atom is 0.326 e. The predicted molar refractivity (Wildman–Crippen MR) is 76.6 cm³/mol. The standard InChI is InChI=1S/C12H12Cl2N2O5/c13-6-4-8(15)7(14)3-5(6)11(19)16-9(12(20)21)1-2-10(17)18/h3-4,9H,1-2,15H2,(H,16,19)(H,17,18)(H,20,21)/t9-/m0/s1. The number of hydrogen-bond acceptors (Lipinski definition) is 4. The molecule has 0 saturated heterocycles. The SMILES string of the molecule is Nc1cc(Cl)c(C(=O)N[C@@H](CCC(=O)O)C(=O)O)cc1Cl. The van der Waals surface area contributed by atoms with Crippen molar-refractivity contribution in [2.75, 3.05) is 5.73 Å². The van der Waals surface area contributed by atoms with E-state index in [2.05, 4.69) is 5.32 Å². The molecule has 0 saturated carbocycles. The van der Waals surface area contributed by atoms with Crippen LogP contribution >= 0.6 is 23.2 Å². The molecule has 0 aliphatic heterocycles. The molecule has 9 heteroatoms. The highest BCUT2D eigenvalue weighted by Crippen LogP contribution is 2.27. The minimum Gasteiger partial charge on any atom is -0.481 e. The molecule has 0 unspecified atom stereocenters. The van der Waals surface area contributed by atoms with Gasteiger partial charge in [0.25, 0.3) is 5.91 Å². The van der Waals surface area contributed by atoms with Crippen LogP contribution in [0.5, 0.6) is 0 Å². The van der Waals surface area contributed by atoms with Gasteiger partial charge in [-0.25, -0.2) is 4.79 Å². The van der Waals surface area contributed by atoms with Gasteiger partial charge in [-0.05, 0) is 18.6 Å². The van der Waals surface area contributed by atoms with E-state index >= 15 is 0 Å². The van der Waals surface area contributed by atoms with E-state index in [9.17, 15) is 14.4 Å². The topological polar surface area (TPSA) is 130 Å². The van der Waals surface area contributed by atoms with Crippen LogP contribution in [0.2, 0.25) is 10.0 Å². The molecule has 1 aromatic rings. The second-order valence-electron chi connectivity index (χ2n) is 4.15. The van der Waals surface area contributed by atoms with Crippen LogP contribution in [0.1, 0.15) is 23.2 Å². The minimum atomic E-state index is -1.35. The lowest BCUT2D eigenvalue weighted by atomic mass is 10.1. The number of benzene rings is 1. The number of rotatable bonds is 6. The molecule has 1 aromatic carbocycles. The van der Waals surface area contributed by atoms with Crippen molar-refractivity contribution in [3.8, 4) is 0 Å².